The average molecular weight is 304 g/mol. The molecule has 0 radical (unpaired) electrons. The molecule has 0 spiro atoms. The van der Waals surface area contributed by atoms with E-state index in [1.54, 1.807) is 0 Å². The van der Waals surface area contributed by atoms with Gasteiger partial charge < -0.3 is 0 Å². The number of ketones is 1. The normalized spacial score (nSPS) is 12.7. The highest BCUT2D eigenvalue weighted by atomic mass is 16.1. The lowest BCUT2D eigenvalue weighted by Crippen LogP contribution is -2.15. The van der Waals surface area contributed by atoms with E-state index in [0.29, 0.717) is 12.2 Å². The van der Waals surface area contributed by atoms with Crippen LogP contribution < -0.4 is 0 Å². The van der Waals surface area contributed by atoms with Gasteiger partial charge in [-0.1, -0.05) is 68.5 Å². The van der Waals surface area contributed by atoms with E-state index in [1.165, 1.54) is 22.3 Å². The van der Waals surface area contributed by atoms with Crippen molar-refractivity contribution in [2.24, 2.45) is 5.92 Å². The summed E-state index contributed by atoms with van der Waals surface area (Å²) in [5.74, 6) is 0.566. The minimum Gasteiger partial charge on any atom is -0.299 e. The van der Waals surface area contributed by atoms with E-state index in [-0.39, 0.29) is 5.92 Å². The van der Waals surface area contributed by atoms with Crippen molar-refractivity contribution in [3.05, 3.63) is 65.2 Å². The first-order valence-corrected chi connectivity index (χ1v) is 8.63. The number of carbonyl (C=O) groups excluding carboxylic acids is 1. The summed E-state index contributed by atoms with van der Waals surface area (Å²) in [7, 11) is 0. The van der Waals surface area contributed by atoms with Gasteiger partial charge >= 0.3 is 0 Å². The highest BCUT2D eigenvalue weighted by Gasteiger charge is 2.16. The number of carbonyl (C=O) groups is 1. The fraction of sp³-hybridized carbons (Fsp3) is 0.318. The maximum absolute atomic E-state index is 12.4. The Morgan fingerprint density at radius 2 is 1.87 bits per heavy atom. The predicted molar refractivity (Wildman–Crippen MR) is 97.4 cm³/mol. The summed E-state index contributed by atoms with van der Waals surface area (Å²) < 4.78 is 0. The Morgan fingerprint density at radius 3 is 2.65 bits per heavy atom. The molecule has 0 amide bonds. The zero-order valence-electron chi connectivity index (χ0n) is 14.0. The third-order valence-corrected chi connectivity index (χ3v) is 4.89. The van der Waals surface area contributed by atoms with E-state index in [4.69, 9.17) is 0 Å². The molecule has 0 aromatic heterocycles. The van der Waals surface area contributed by atoms with Gasteiger partial charge in [-0.25, -0.2) is 0 Å². The molecule has 0 saturated heterocycles. The van der Waals surface area contributed by atoms with Crippen LogP contribution in [0.25, 0.3) is 17.2 Å². The van der Waals surface area contributed by atoms with Gasteiger partial charge in [-0.2, -0.15) is 0 Å². The molecule has 2 aromatic carbocycles. The van der Waals surface area contributed by atoms with Crippen molar-refractivity contribution >= 4 is 11.9 Å². The topological polar surface area (TPSA) is 17.1 Å². The highest BCUT2D eigenvalue weighted by Crippen LogP contribution is 2.31. The summed E-state index contributed by atoms with van der Waals surface area (Å²) in [5, 5.41) is 0. The van der Waals surface area contributed by atoms with Crippen LogP contribution in [0.15, 0.2) is 48.5 Å². The van der Waals surface area contributed by atoms with E-state index in [1.807, 2.05) is 0 Å². The van der Waals surface area contributed by atoms with Crippen LogP contribution in [-0.4, -0.2) is 5.78 Å². The molecule has 3 rings (SSSR count). The Kier molecular flexibility index (Phi) is 4.76. The van der Waals surface area contributed by atoms with Crippen LogP contribution >= 0.6 is 0 Å². The van der Waals surface area contributed by atoms with Gasteiger partial charge in [-0.15, -0.1) is 0 Å². The van der Waals surface area contributed by atoms with Crippen molar-refractivity contribution in [2.75, 3.05) is 0 Å². The standard InChI is InChI=1S/C22H24O/c1-3-17(4-2)22(23)15-16-8-5-11-19(14-16)21-13-7-10-18-9-6-12-20(18)21/h5-11,13-14,17H,3-4,12,15H2,1-2H3. The summed E-state index contributed by atoms with van der Waals surface area (Å²) in [6, 6.07) is 15.0. The second-order valence-electron chi connectivity index (χ2n) is 6.34. The molecule has 0 heterocycles. The van der Waals surface area contributed by atoms with Crippen LogP contribution in [-0.2, 0) is 17.6 Å². The molecule has 0 aliphatic heterocycles. The fourth-order valence-electron chi connectivity index (χ4n) is 3.50. The van der Waals surface area contributed by atoms with Crippen molar-refractivity contribution in [3.63, 3.8) is 0 Å². The molecule has 0 atom stereocenters. The molecular formula is C22H24O. The van der Waals surface area contributed by atoms with Crippen LogP contribution in [0.1, 0.15) is 43.4 Å². The molecule has 1 nitrogen and oxygen atoms in total. The molecule has 118 valence electrons. The molecule has 0 saturated carbocycles. The monoisotopic (exact) mass is 304 g/mol. The number of Topliss-reactive ketones (excluding diaryl/α,β-unsaturated/α-hetero) is 1. The summed E-state index contributed by atoms with van der Waals surface area (Å²) in [4.78, 5) is 12.4. The van der Waals surface area contributed by atoms with Crippen LogP contribution in [0.2, 0.25) is 0 Å². The Hall–Kier alpha value is -2.15. The molecule has 1 heteroatoms. The third kappa shape index (κ3) is 3.29. The first-order valence-electron chi connectivity index (χ1n) is 8.63. The Morgan fingerprint density at radius 1 is 1.09 bits per heavy atom. The SMILES string of the molecule is CCC(CC)C(=O)Cc1cccc(-c2cccc3c2CC=C3)c1. The van der Waals surface area contributed by atoms with Crippen molar-refractivity contribution in [3.8, 4) is 11.1 Å². The molecule has 0 N–H and O–H groups in total. The third-order valence-electron chi connectivity index (χ3n) is 4.89. The van der Waals surface area contributed by atoms with E-state index >= 15 is 0 Å². The van der Waals surface area contributed by atoms with Crippen LogP contribution in [0, 0.1) is 5.92 Å². The van der Waals surface area contributed by atoms with Gasteiger partial charge in [0, 0.05) is 12.3 Å². The summed E-state index contributed by atoms with van der Waals surface area (Å²) in [6.45, 7) is 4.20. The van der Waals surface area contributed by atoms with Crippen molar-refractivity contribution in [2.45, 2.75) is 39.5 Å². The molecule has 1 aliphatic rings. The molecular weight excluding hydrogens is 280 g/mol. The van der Waals surface area contributed by atoms with E-state index in [0.717, 1.165) is 24.8 Å². The zero-order chi connectivity index (χ0) is 16.2. The van der Waals surface area contributed by atoms with E-state index in [2.05, 4.69) is 68.5 Å². The van der Waals surface area contributed by atoms with Gasteiger partial charge in [0.25, 0.3) is 0 Å². The van der Waals surface area contributed by atoms with E-state index in [9.17, 15) is 4.79 Å². The van der Waals surface area contributed by atoms with Gasteiger partial charge in [-0.3, -0.25) is 4.79 Å². The summed E-state index contributed by atoms with van der Waals surface area (Å²) in [5.41, 5.74) is 6.37. The molecule has 0 fully saturated rings. The lowest BCUT2D eigenvalue weighted by Gasteiger charge is -2.13. The molecule has 1 aliphatic carbocycles. The lowest BCUT2D eigenvalue weighted by atomic mass is 9.91. The Labute approximate surface area is 139 Å². The molecule has 0 unspecified atom stereocenters. The maximum atomic E-state index is 12.4. The number of benzene rings is 2. The van der Waals surface area contributed by atoms with E-state index < -0.39 is 0 Å². The maximum Gasteiger partial charge on any atom is 0.140 e. The largest absolute Gasteiger partial charge is 0.299 e. The minimum absolute atomic E-state index is 0.198. The molecule has 23 heavy (non-hydrogen) atoms. The smallest absolute Gasteiger partial charge is 0.140 e. The Balaban J connectivity index is 1.87. The number of allylic oxidation sites excluding steroid dienone is 1. The fourth-order valence-corrected chi connectivity index (χ4v) is 3.50. The Bertz CT molecular complexity index is 735. The van der Waals surface area contributed by atoms with Gasteiger partial charge in [0.05, 0.1) is 0 Å². The quantitative estimate of drug-likeness (QED) is 0.691. The number of hydrogen-bond acceptors (Lipinski definition) is 1. The van der Waals surface area contributed by atoms with Crippen LogP contribution in [0.4, 0.5) is 0 Å². The first-order chi connectivity index (χ1) is 11.2. The lowest BCUT2D eigenvalue weighted by molar-refractivity contribution is -0.122. The van der Waals surface area contributed by atoms with Gasteiger partial charge in [0.2, 0.25) is 0 Å². The summed E-state index contributed by atoms with van der Waals surface area (Å²) in [6.07, 6.45) is 7.84. The van der Waals surface area contributed by atoms with Crippen molar-refractivity contribution < 1.29 is 4.79 Å². The second-order valence-corrected chi connectivity index (χ2v) is 6.34. The number of hydrogen-bond donors (Lipinski definition) is 0. The molecule has 2 aromatic rings. The van der Waals surface area contributed by atoms with Gasteiger partial charge in [-0.05, 0) is 47.1 Å². The first kappa shape index (κ1) is 15.7. The van der Waals surface area contributed by atoms with Crippen molar-refractivity contribution in [1.29, 1.82) is 0 Å². The zero-order valence-corrected chi connectivity index (χ0v) is 14.0. The number of rotatable bonds is 6. The predicted octanol–water partition coefficient (Wildman–Crippen LogP) is 5.47. The van der Waals surface area contributed by atoms with Crippen LogP contribution in [0.3, 0.4) is 0 Å². The summed E-state index contributed by atoms with van der Waals surface area (Å²) >= 11 is 0. The van der Waals surface area contributed by atoms with Gasteiger partial charge in [0.15, 0.2) is 0 Å². The second kappa shape index (κ2) is 6.95. The molecule has 0 bridgehead atoms. The van der Waals surface area contributed by atoms with Gasteiger partial charge in [0.1, 0.15) is 5.78 Å². The van der Waals surface area contributed by atoms with Crippen LogP contribution in [0.5, 0.6) is 0 Å². The average Bonchev–Trinajstić information content (AvgIpc) is 3.04. The number of fused-ring (bicyclic) bond motifs is 1. The minimum atomic E-state index is 0.198. The highest BCUT2D eigenvalue weighted by molar-refractivity contribution is 5.84. The van der Waals surface area contributed by atoms with Crippen molar-refractivity contribution in [1.82, 2.24) is 0 Å².